The van der Waals surface area contributed by atoms with Gasteiger partial charge in [0.25, 0.3) is 5.91 Å². The van der Waals surface area contributed by atoms with Crippen LogP contribution in [-0.4, -0.2) is 91.3 Å². The number of halogens is 3. The molecule has 8 nitrogen and oxygen atoms in total. The zero-order chi connectivity index (χ0) is 27.0. The van der Waals surface area contributed by atoms with Crippen LogP contribution in [0.1, 0.15) is 57.9 Å². The van der Waals surface area contributed by atoms with Gasteiger partial charge in [-0.25, -0.2) is 5.01 Å². The lowest BCUT2D eigenvalue weighted by molar-refractivity contribution is -0.148. The fraction of sp³-hybridized carbons (Fsp3) is 0.679. The molecule has 0 spiro atoms. The van der Waals surface area contributed by atoms with Gasteiger partial charge in [-0.3, -0.25) is 15.0 Å². The van der Waals surface area contributed by atoms with E-state index in [9.17, 15) is 14.4 Å². The van der Waals surface area contributed by atoms with Crippen molar-refractivity contribution in [3.63, 3.8) is 0 Å². The average molecular weight is 607 g/mol. The van der Waals surface area contributed by atoms with E-state index < -0.39 is 11.5 Å². The van der Waals surface area contributed by atoms with Crippen LogP contribution in [-0.2, 0) is 20.8 Å². The normalized spacial score (nSPS) is 19.1. The van der Waals surface area contributed by atoms with E-state index >= 15 is 0 Å². The second kappa shape index (κ2) is 16.7. The van der Waals surface area contributed by atoms with Gasteiger partial charge in [-0.2, -0.15) is 0 Å². The van der Waals surface area contributed by atoms with E-state index in [1.54, 1.807) is 13.8 Å². The zero-order valence-corrected chi connectivity index (χ0v) is 26.0. The van der Waals surface area contributed by atoms with Crippen LogP contribution in [0.2, 0.25) is 5.02 Å². The minimum atomic E-state index is -1.05. The van der Waals surface area contributed by atoms with Crippen molar-refractivity contribution < 1.29 is 14.4 Å². The summed E-state index contributed by atoms with van der Waals surface area (Å²) in [5, 5.41) is 6.01. The topological polar surface area (TPSA) is 85.0 Å². The predicted molar refractivity (Wildman–Crippen MR) is 162 cm³/mol. The van der Waals surface area contributed by atoms with Crippen molar-refractivity contribution in [2.24, 2.45) is 5.41 Å². The fourth-order valence-corrected chi connectivity index (χ4v) is 5.38. The van der Waals surface area contributed by atoms with Crippen molar-refractivity contribution in [3.8, 4) is 0 Å². The number of carbonyl (C=O) groups is 3. The Hall–Kier alpha value is -1.42. The largest absolute Gasteiger partial charge is 0.334 e. The van der Waals surface area contributed by atoms with Crippen LogP contribution in [0.4, 0.5) is 0 Å². The van der Waals surface area contributed by atoms with E-state index in [4.69, 9.17) is 11.6 Å². The Morgan fingerprint density at radius 2 is 1.72 bits per heavy atom. The van der Waals surface area contributed by atoms with E-state index in [0.717, 1.165) is 50.5 Å². The summed E-state index contributed by atoms with van der Waals surface area (Å²) in [5.41, 5.74) is 3.10. The second-order valence-electron chi connectivity index (χ2n) is 11.3. The van der Waals surface area contributed by atoms with Gasteiger partial charge >= 0.3 is 0 Å². The molecule has 1 heterocycles. The molecule has 39 heavy (non-hydrogen) atoms. The van der Waals surface area contributed by atoms with Gasteiger partial charge in [0.15, 0.2) is 0 Å². The van der Waals surface area contributed by atoms with Crippen LogP contribution in [0.25, 0.3) is 0 Å². The molecule has 0 aromatic heterocycles. The molecule has 0 unspecified atom stereocenters. The first-order chi connectivity index (χ1) is 17.6. The van der Waals surface area contributed by atoms with Crippen LogP contribution >= 0.6 is 36.4 Å². The molecule has 0 radical (unpaired) electrons. The molecule has 3 rings (SSSR count). The van der Waals surface area contributed by atoms with E-state index in [0.29, 0.717) is 31.1 Å². The Labute approximate surface area is 251 Å². The number of aldehydes is 1. The number of benzene rings is 1. The maximum Gasteiger partial charge on any atom is 0.251 e. The number of nitrogens with zero attached hydrogens (tertiary/aromatic N) is 3. The minimum Gasteiger partial charge on any atom is -0.334 e. The molecule has 1 saturated carbocycles. The number of hydrogen-bond donors (Lipinski definition) is 2. The molecule has 222 valence electrons. The first kappa shape index (κ1) is 35.6. The van der Waals surface area contributed by atoms with Crippen LogP contribution in [0, 0.1) is 5.41 Å². The van der Waals surface area contributed by atoms with Gasteiger partial charge in [0, 0.05) is 43.3 Å². The van der Waals surface area contributed by atoms with Crippen molar-refractivity contribution in [2.45, 2.75) is 76.9 Å². The monoisotopic (exact) mass is 605 g/mol. The first-order valence-electron chi connectivity index (χ1n) is 13.6. The Bertz CT molecular complexity index is 910. The standard InChI is InChI=1S/C28H44ClN5O3.2ClH/c1-28(2,20-35)27(37)34(23-8-6-5-7-9-23)24-14-16-33(19-24)31-26(36)25(30-15-17-32(3)4)18-21-10-12-22(29)13-11-21;;/h10-13,20,23-25,30H,5-9,14-19H2,1-4H3,(H,31,36);2*1H/t24-,25+;;/m0../s1. The molecule has 1 aliphatic carbocycles. The molecule has 11 heteroatoms. The van der Waals surface area contributed by atoms with Gasteiger partial charge in [-0.15, -0.1) is 24.8 Å². The molecule has 1 aliphatic heterocycles. The summed E-state index contributed by atoms with van der Waals surface area (Å²) in [4.78, 5) is 42.6. The summed E-state index contributed by atoms with van der Waals surface area (Å²) >= 11 is 6.04. The third-order valence-corrected chi connectivity index (χ3v) is 7.74. The molecule has 2 N–H and O–H groups in total. The number of nitrogens with one attached hydrogen (secondary N) is 2. The number of rotatable bonds is 12. The molecule has 2 amide bonds. The van der Waals surface area contributed by atoms with E-state index in [1.165, 1.54) is 6.42 Å². The first-order valence-corrected chi connectivity index (χ1v) is 14.0. The molecular formula is C28H46Cl3N5O3. The lowest BCUT2D eigenvalue weighted by Gasteiger charge is -2.41. The predicted octanol–water partition coefficient (Wildman–Crippen LogP) is 3.74. The summed E-state index contributed by atoms with van der Waals surface area (Å²) in [5.74, 6) is -0.184. The van der Waals surface area contributed by atoms with Gasteiger partial charge in [-0.05, 0) is 71.3 Å². The van der Waals surface area contributed by atoms with E-state index in [2.05, 4.69) is 15.6 Å². The van der Waals surface area contributed by atoms with Crippen LogP contribution in [0.5, 0.6) is 0 Å². The molecule has 1 aromatic carbocycles. The maximum absolute atomic E-state index is 13.5. The highest BCUT2D eigenvalue weighted by molar-refractivity contribution is 6.30. The van der Waals surface area contributed by atoms with Crippen molar-refractivity contribution in [1.82, 2.24) is 25.6 Å². The number of amides is 2. The second-order valence-corrected chi connectivity index (χ2v) is 11.8. The minimum absolute atomic E-state index is 0. The summed E-state index contributed by atoms with van der Waals surface area (Å²) in [6.07, 6.45) is 7.44. The Morgan fingerprint density at radius 3 is 2.31 bits per heavy atom. The van der Waals surface area contributed by atoms with Gasteiger partial charge in [0.1, 0.15) is 6.29 Å². The van der Waals surface area contributed by atoms with Gasteiger partial charge in [-0.1, -0.05) is 43.0 Å². The molecule has 2 atom stereocenters. The molecule has 1 aromatic rings. The van der Waals surface area contributed by atoms with Crippen LogP contribution in [0.15, 0.2) is 24.3 Å². The Balaban J connectivity index is 0.00000380. The highest BCUT2D eigenvalue weighted by atomic mass is 35.5. The van der Waals surface area contributed by atoms with Crippen molar-refractivity contribution >= 4 is 54.5 Å². The molecular weight excluding hydrogens is 561 g/mol. The third kappa shape index (κ3) is 10.5. The molecule has 2 aliphatic rings. The van der Waals surface area contributed by atoms with Crippen LogP contribution in [0.3, 0.4) is 0 Å². The van der Waals surface area contributed by atoms with Gasteiger partial charge in [0.2, 0.25) is 5.91 Å². The van der Waals surface area contributed by atoms with Crippen LogP contribution < -0.4 is 10.7 Å². The number of hydrazine groups is 1. The number of carbonyl (C=O) groups excluding carboxylic acids is 3. The Kier molecular flexibility index (Phi) is 15.3. The molecule has 0 bridgehead atoms. The summed E-state index contributed by atoms with van der Waals surface area (Å²) in [7, 11) is 4.01. The van der Waals surface area contributed by atoms with Crippen molar-refractivity contribution in [1.29, 1.82) is 0 Å². The van der Waals surface area contributed by atoms with E-state index in [-0.39, 0.29) is 48.7 Å². The lowest BCUT2D eigenvalue weighted by Crippen LogP contribution is -2.55. The molecule has 1 saturated heterocycles. The number of hydrogen-bond acceptors (Lipinski definition) is 6. The quantitative estimate of drug-likeness (QED) is 0.279. The highest BCUT2D eigenvalue weighted by Crippen LogP contribution is 2.31. The average Bonchev–Trinajstić information content (AvgIpc) is 3.32. The summed E-state index contributed by atoms with van der Waals surface area (Å²) < 4.78 is 0. The van der Waals surface area contributed by atoms with E-state index in [1.807, 2.05) is 48.3 Å². The summed E-state index contributed by atoms with van der Waals surface area (Å²) in [6.45, 7) is 6.14. The molecule has 2 fully saturated rings. The van der Waals surface area contributed by atoms with Gasteiger partial charge < -0.3 is 19.9 Å². The smallest absolute Gasteiger partial charge is 0.251 e. The third-order valence-electron chi connectivity index (χ3n) is 7.49. The highest BCUT2D eigenvalue weighted by Gasteiger charge is 2.42. The van der Waals surface area contributed by atoms with Gasteiger partial charge in [0.05, 0.1) is 11.5 Å². The SMILES string of the molecule is CN(C)CCN[C@H](Cc1ccc(Cl)cc1)C(=O)NN1CC[C@H](N(C(=O)C(C)(C)C=O)C2CCCCC2)C1.Cl.Cl. The van der Waals surface area contributed by atoms with Crippen molar-refractivity contribution in [2.75, 3.05) is 40.3 Å². The lowest BCUT2D eigenvalue weighted by atomic mass is 9.88. The Morgan fingerprint density at radius 1 is 1.08 bits per heavy atom. The fourth-order valence-electron chi connectivity index (χ4n) is 5.25. The summed E-state index contributed by atoms with van der Waals surface area (Å²) in [6, 6.07) is 7.32. The maximum atomic E-state index is 13.5. The number of likely N-dealkylation sites (N-methyl/N-ethyl adjacent to an activating group) is 1. The van der Waals surface area contributed by atoms with Crippen molar-refractivity contribution in [3.05, 3.63) is 34.9 Å². The zero-order valence-electron chi connectivity index (χ0n) is 23.7.